The summed E-state index contributed by atoms with van der Waals surface area (Å²) < 4.78 is 11.8. The lowest BCUT2D eigenvalue weighted by molar-refractivity contribution is -0.168. The van der Waals surface area contributed by atoms with Gasteiger partial charge in [-0.3, -0.25) is 0 Å². The van der Waals surface area contributed by atoms with Crippen molar-refractivity contribution in [3.05, 3.63) is 36.0 Å². The monoisotopic (exact) mass is 246 g/mol. The van der Waals surface area contributed by atoms with Crippen LogP contribution in [0, 0.1) is 0 Å². The Balaban J connectivity index is 2.04. The number of nitrogens with one attached hydrogen (secondary N) is 2. The van der Waals surface area contributed by atoms with Crippen LogP contribution in [0.25, 0.3) is 10.9 Å². The summed E-state index contributed by atoms with van der Waals surface area (Å²) in [6.45, 7) is 2.17. The van der Waals surface area contributed by atoms with Gasteiger partial charge in [0.25, 0.3) is 0 Å². The molecule has 0 saturated carbocycles. The first-order chi connectivity index (χ1) is 8.86. The molecule has 0 atom stereocenters. The van der Waals surface area contributed by atoms with Crippen molar-refractivity contribution in [3.63, 3.8) is 0 Å². The van der Waals surface area contributed by atoms with Crippen molar-refractivity contribution < 1.29 is 9.47 Å². The fourth-order valence-corrected chi connectivity index (χ4v) is 2.57. The normalized spacial score (nSPS) is 18.5. The third kappa shape index (κ3) is 1.82. The number of H-pyrrole nitrogens is 1. The highest BCUT2D eigenvalue weighted by atomic mass is 16.7. The number of hydrogen-bond donors (Lipinski definition) is 2. The Labute approximate surface area is 106 Å². The maximum atomic E-state index is 5.91. The largest absolute Gasteiger partial charge is 0.361 e. The molecule has 0 unspecified atom stereocenters. The molecule has 0 radical (unpaired) electrons. The third-order valence-corrected chi connectivity index (χ3v) is 3.46. The van der Waals surface area contributed by atoms with Gasteiger partial charge in [-0.15, -0.1) is 0 Å². The van der Waals surface area contributed by atoms with Gasteiger partial charge in [0.2, 0.25) is 0 Å². The van der Waals surface area contributed by atoms with E-state index in [2.05, 4.69) is 22.4 Å². The van der Waals surface area contributed by atoms with E-state index in [-0.39, 0.29) is 0 Å². The van der Waals surface area contributed by atoms with Crippen molar-refractivity contribution >= 4 is 10.9 Å². The molecule has 1 saturated heterocycles. The third-order valence-electron chi connectivity index (χ3n) is 3.46. The van der Waals surface area contributed by atoms with E-state index in [1.807, 2.05) is 25.4 Å². The van der Waals surface area contributed by atoms with Gasteiger partial charge in [-0.25, -0.2) is 0 Å². The molecule has 0 bridgehead atoms. The van der Waals surface area contributed by atoms with Crippen LogP contribution in [0.3, 0.4) is 0 Å². The van der Waals surface area contributed by atoms with Gasteiger partial charge in [-0.2, -0.15) is 0 Å². The molecule has 0 spiro atoms. The maximum Gasteiger partial charge on any atom is 0.198 e. The van der Waals surface area contributed by atoms with E-state index in [4.69, 9.17) is 9.47 Å². The summed E-state index contributed by atoms with van der Waals surface area (Å²) in [4.78, 5) is 3.29. The van der Waals surface area contributed by atoms with E-state index < -0.39 is 5.79 Å². The van der Waals surface area contributed by atoms with E-state index in [1.165, 1.54) is 5.39 Å². The lowest BCUT2D eigenvalue weighted by atomic mass is 10.0. The molecule has 2 aromatic rings. The molecular formula is C14H18N2O2. The topological polar surface area (TPSA) is 46.3 Å². The second-order valence-corrected chi connectivity index (χ2v) is 4.55. The van der Waals surface area contributed by atoms with Crippen LogP contribution in [0.5, 0.6) is 0 Å². The molecule has 1 fully saturated rings. The number of ether oxygens (including phenoxy) is 2. The Kier molecular flexibility index (Phi) is 3.07. The number of rotatable bonds is 4. The fraction of sp³-hybridized carbons (Fsp3) is 0.429. The average molecular weight is 246 g/mol. The van der Waals surface area contributed by atoms with Crippen molar-refractivity contribution in [3.8, 4) is 0 Å². The molecule has 1 aromatic heterocycles. The number of para-hydroxylation sites is 1. The Morgan fingerprint density at radius 1 is 1.28 bits per heavy atom. The zero-order chi connectivity index (χ0) is 12.4. The van der Waals surface area contributed by atoms with Crippen LogP contribution in [0.4, 0.5) is 0 Å². The van der Waals surface area contributed by atoms with Crippen molar-refractivity contribution in [2.45, 2.75) is 12.2 Å². The lowest BCUT2D eigenvalue weighted by Crippen LogP contribution is -2.30. The van der Waals surface area contributed by atoms with Crippen LogP contribution in [-0.4, -0.2) is 31.8 Å². The molecule has 0 amide bonds. The highest BCUT2D eigenvalue weighted by Gasteiger charge is 2.39. The Hall–Kier alpha value is -1.36. The second kappa shape index (κ2) is 4.72. The van der Waals surface area contributed by atoms with E-state index in [9.17, 15) is 0 Å². The SMILES string of the molecule is CNCCC1(c2c[nH]c3ccccc23)OCCO1. The summed E-state index contributed by atoms with van der Waals surface area (Å²) in [5.74, 6) is -0.595. The minimum atomic E-state index is -0.595. The molecule has 4 nitrogen and oxygen atoms in total. The van der Waals surface area contributed by atoms with Gasteiger partial charge in [0, 0.05) is 35.6 Å². The smallest absolute Gasteiger partial charge is 0.198 e. The predicted molar refractivity (Wildman–Crippen MR) is 70.4 cm³/mol. The van der Waals surface area contributed by atoms with Gasteiger partial charge in [-0.1, -0.05) is 18.2 Å². The van der Waals surface area contributed by atoms with Crippen molar-refractivity contribution in [2.75, 3.05) is 26.8 Å². The highest BCUT2D eigenvalue weighted by Crippen LogP contribution is 2.38. The molecule has 1 aliphatic heterocycles. The van der Waals surface area contributed by atoms with E-state index >= 15 is 0 Å². The molecule has 2 heterocycles. The summed E-state index contributed by atoms with van der Waals surface area (Å²) in [5.41, 5.74) is 2.22. The molecule has 4 heteroatoms. The fourth-order valence-electron chi connectivity index (χ4n) is 2.57. The summed E-state index contributed by atoms with van der Waals surface area (Å²) in [7, 11) is 1.94. The first kappa shape index (κ1) is 11.7. The van der Waals surface area contributed by atoms with Gasteiger partial charge in [0.05, 0.1) is 13.2 Å². The quantitative estimate of drug-likeness (QED) is 0.867. The van der Waals surface area contributed by atoms with Crippen LogP contribution < -0.4 is 5.32 Å². The summed E-state index contributed by atoms with van der Waals surface area (Å²) in [6.07, 6.45) is 2.82. The zero-order valence-corrected chi connectivity index (χ0v) is 10.5. The molecule has 2 N–H and O–H groups in total. The van der Waals surface area contributed by atoms with E-state index in [0.717, 1.165) is 24.0 Å². The minimum Gasteiger partial charge on any atom is -0.361 e. The highest BCUT2D eigenvalue weighted by molar-refractivity contribution is 5.83. The number of aromatic amines is 1. The first-order valence-corrected chi connectivity index (χ1v) is 6.35. The second-order valence-electron chi connectivity index (χ2n) is 4.55. The van der Waals surface area contributed by atoms with Crippen LogP contribution in [0.15, 0.2) is 30.5 Å². The number of hydrogen-bond acceptors (Lipinski definition) is 3. The van der Waals surface area contributed by atoms with Crippen molar-refractivity contribution in [1.29, 1.82) is 0 Å². The molecule has 1 aliphatic rings. The lowest BCUT2D eigenvalue weighted by Gasteiger charge is -2.27. The summed E-state index contributed by atoms with van der Waals surface area (Å²) >= 11 is 0. The van der Waals surface area contributed by atoms with Crippen LogP contribution >= 0.6 is 0 Å². The predicted octanol–water partition coefficient (Wildman–Crippen LogP) is 1.98. The summed E-state index contributed by atoms with van der Waals surface area (Å²) in [6, 6.07) is 8.24. The number of aromatic nitrogens is 1. The van der Waals surface area contributed by atoms with Crippen LogP contribution in [-0.2, 0) is 15.3 Å². The molecule has 3 rings (SSSR count). The van der Waals surface area contributed by atoms with Gasteiger partial charge in [0.15, 0.2) is 5.79 Å². The average Bonchev–Trinajstić information content (AvgIpc) is 3.03. The van der Waals surface area contributed by atoms with Crippen LogP contribution in [0.1, 0.15) is 12.0 Å². The number of benzene rings is 1. The Morgan fingerprint density at radius 2 is 2.06 bits per heavy atom. The molecule has 1 aromatic carbocycles. The zero-order valence-electron chi connectivity index (χ0n) is 10.5. The van der Waals surface area contributed by atoms with Crippen LogP contribution in [0.2, 0.25) is 0 Å². The standard InChI is InChI=1S/C14H18N2O2/c1-15-7-6-14(17-8-9-18-14)12-10-16-13-5-3-2-4-11(12)13/h2-5,10,15-16H,6-9H2,1H3. The Bertz CT molecular complexity index is 529. The minimum absolute atomic E-state index is 0.595. The van der Waals surface area contributed by atoms with Crippen molar-refractivity contribution in [2.24, 2.45) is 0 Å². The Morgan fingerprint density at radius 3 is 2.83 bits per heavy atom. The van der Waals surface area contributed by atoms with Gasteiger partial charge in [0.1, 0.15) is 0 Å². The molecule has 96 valence electrons. The molecule has 0 aliphatic carbocycles. The molecular weight excluding hydrogens is 228 g/mol. The maximum absolute atomic E-state index is 5.91. The van der Waals surface area contributed by atoms with E-state index in [0.29, 0.717) is 13.2 Å². The summed E-state index contributed by atoms with van der Waals surface area (Å²) in [5, 5.41) is 4.34. The van der Waals surface area contributed by atoms with E-state index in [1.54, 1.807) is 0 Å². The molecule has 18 heavy (non-hydrogen) atoms. The number of fused-ring (bicyclic) bond motifs is 1. The van der Waals surface area contributed by atoms with Gasteiger partial charge >= 0.3 is 0 Å². The van der Waals surface area contributed by atoms with Crippen molar-refractivity contribution in [1.82, 2.24) is 10.3 Å². The first-order valence-electron chi connectivity index (χ1n) is 6.35. The van der Waals surface area contributed by atoms with Gasteiger partial charge < -0.3 is 19.8 Å². The van der Waals surface area contributed by atoms with Gasteiger partial charge in [-0.05, 0) is 13.1 Å².